The molecule has 5 heteroatoms. The standard InChI is InChI=1S/C20H20ClN3O/c1-13-9-15(3)17(10-14(13)2)18-11-19(22-20(25)12-21)24(23-18)16-7-5-4-6-8-16/h4-11H,12H2,1-3H3,(H,22,25). The van der Waals surface area contributed by atoms with Crippen LogP contribution in [0.25, 0.3) is 16.9 Å². The third-order valence-corrected chi connectivity index (χ3v) is 4.46. The predicted molar refractivity (Wildman–Crippen MR) is 103 cm³/mol. The monoisotopic (exact) mass is 353 g/mol. The maximum Gasteiger partial charge on any atom is 0.240 e. The summed E-state index contributed by atoms with van der Waals surface area (Å²) in [5.74, 6) is 0.240. The molecule has 1 aromatic heterocycles. The Morgan fingerprint density at radius 2 is 1.72 bits per heavy atom. The quantitative estimate of drug-likeness (QED) is 0.694. The number of alkyl halides is 1. The van der Waals surface area contributed by atoms with E-state index in [1.54, 1.807) is 4.68 Å². The van der Waals surface area contributed by atoms with Crippen molar-refractivity contribution in [1.29, 1.82) is 0 Å². The highest BCUT2D eigenvalue weighted by Gasteiger charge is 2.15. The minimum atomic E-state index is -0.262. The summed E-state index contributed by atoms with van der Waals surface area (Å²) in [6, 6.07) is 15.9. The van der Waals surface area contributed by atoms with E-state index in [0.29, 0.717) is 5.82 Å². The smallest absolute Gasteiger partial charge is 0.240 e. The highest BCUT2D eigenvalue weighted by Crippen LogP contribution is 2.29. The van der Waals surface area contributed by atoms with Crippen LogP contribution in [0.2, 0.25) is 0 Å². The molecule has 0 unspecified atom stereocenters. The van der Waals surface area contributed by atoms with Gasteiger partial charge in [0, 0.05) is 11.6 Å². The number of aromatic nitrogens is 2. The number of hydrogen-bond donors (Lipinski definition) is 1. The van der Waals surface area contributed by atoms with Crippen molar-refractivity contribution >= 4 is 23.3 Å². The summed E-state index contributed by atoms with van der Waals surface area (Å²) >= 11 is 5.65. The van der Waals surface area contributed by atoms with Crippen molar-refractivity contribution < 1.29 is 4.79 Å². The lowest BCUT2D eigenvalue weighted by molar-refractivity contribution is -0.114. The number of para-hydroxylation sites is 1. The molecule has 2 aromatic carbocycles. The Bertz CT molecular complexity index is 916. The van der Waals surface area contributed by atoms with E-state index in [1.807, 2.05) is 36.4 Å². The van der Waals surface area contributed by atoms with Gasteiger partial charge in [0.05, 0.1) is 11.4 Å². The van der Waals surface area contributed by atoms with Crippen molar-refractivity contribution in [2.75, 3.05) is 11.2 Å². The molecule has 4 nitrogen and oxygen atoms in total. The minimum absolute atomic E-state index is 0.0992. The highest BCUT2D eigenvalue weighted by atomic mass is 35.5. The van der Waals surface area contributed by atoms with E-state index in [0.717, 1.165) is 22.5 Å². The summed E-state index contributed by atoms with van der Waals surface area (Å²) in [5.41, 5.74) is 6.35. The van der Waals surface area contributed by atoms with Crippen LogP contribution in [0.1, 0.15) is 16.7 Å². The Morgan fingerprint density at radius 3 is 2.40 bits per heavy atom. The molecule has 0 saturated carbocycles. The number of rotatable bonds is 4. The fourth-order valence-electron chi connectivity index (χ4n) is 2.78. The molecule has 0 aliphatic heterocycles. The van der Waals surface area contributed by atoms with Crippen LogP contribution in [0.5, 0.6) is 0 Å². The first-order valence-electron chi connectivity index (χ1n) is 8.09. The highest BCUT2D eigenvalue weighted by molar-refractivity contribution is 6.29. The predicted octanol–water partition coefficient (Wildman–Crippen LogP) is 4.64. The van der Waals surface area contributed by atoms with Gasteiger partial charge in [0.25, 0.3) is 0 Å². The number of carbonyl (C=O) groups excluding carboxylic acids is 1. The van der Waals surface area contributed by atoms with Gasteiger partial charge >= 0.3 is 0 Å². The summed E-state index contributed by atoms with van der Waals surface area (Å²) in [4.78, 5) is 11.8. The number of aryl methyl sites for hydroxylation is 3. The second-order valence-corrected chi connectivity index (χ2v) is 6.36. The number of carbonyl (C=O) groups is 1. The molecule has 1 heterocycles. The van der Waals surface area contributed by atoms with E-state index >= 15 is 0 Å². The third-order valence-electron chi connectivity index (χ3n) is 4.22. The molecule has 3 aromatic rings. The molecule has 0 aliphatic carbocycles. The molecular formula is C20H20ClN3O. The Balaban J connectivity index is 2.13. The van der Waals surface area contributed by atoms with Gasteiger partial charge in [0.1, 0.15) is 11.7 Å². The number of nitrogens with one attached hydrogen (secondary N) is 1. The van der Waals surface area contributed by atoms with Crippen molar-refractivity contribution in [1.82, 2.24) is 9.78 Å². The van der Waals surface area contributed by atoms with E-state index in [1.165, 1.54) is 11.1 Å². The summed E-state index contributed by atoms with van der Waals surface area (Å²) in [5, 5.41) is 7.55. The number of benzene rings is 2. The van der Waals surface area contributed by atoms with Crippen molar-refractivity contribution in [3.05, 3.63) is 65.2 Å². The topological polar surface area (TPSA) is 46.9 Å². The van der Waals surface area contributed by atoms with Crippen LogP contribution < -0.4 is 5.32 Å². The summed E-state index contributed by atoms with van der Waals surface area (Å²) in [6.45, 7) is 6.25. The number of amides is 1. The summed E-state index contributed by atoms with van der Waals surface area (Å²) < 4.78 is 1.73. The van der Waals surface area contributed by atoms with E-state index in [2.05, 4.69) is 38.2 Å². The lowest BCUT2D eigenvalue weighted by Gasteiger charge is -2.08. The van der Waals surface area contributed by atoms with Crippen LogP contribution in [0, 0.1) is 20.8 Å². The lowest BCUT2D eigenvalue weighted by Crippen LogP contribution is -2.15. The molecule has 0 saturated heterocycles. The molecule has 0 aliphatic rings. The van der Waals surface area contributed by atoms with Crippen molar-refractivity contribution in [3.8, 4) is 16.9 Å². The maximum absolute atomic E-state index is 11.8. The van der Waals surface area contributed by atoms with Crippen LogP contribution in [-0.2, 0) is 4.79 Å². The molecule has 25 heavy (non-hydrogen) atoms. The van der Waals surface area contributed by atoms with Gasteiger partial charge in [-0.2, -0.15) is 5.10 Å². The van der Waals surface area contributed by atoms with Crippen LogP contribution in [0.15, 0.2) is 48.5 Å². The van der Waals surface area contributed by atoms with Gasteiger partial charge in [0.15, 0.2) is 0 Å². The molecule has 1 amide bonds. The molecule has 0 spiro atoms. The first kappa shape index (κ1) is 17.2. The van der Waals surface area contributed by atoms with Crippen molar-refractivity contribution in [2.45, 2.75) is 20.8 Å². The number of halogens is 1. The first-order chi connectivity index (χ1) is 12.0. The molecule has 128 valence electrons. The van der Waals surface area contributed by atoms with Crippen LogP contribution >= 0.6 is 11.6 Å². The van der Waals surface area contributed by atoms with Crippen LogP contribution in [-0.4, -0.2) is 21.6 Å². The molecule has 0 fully saturated rings. The SMILES string of the molecule is Cc1cc(C)c(-c2cc(NC(=O)CCl)n(-c3ccccc3)n2)cc1C. The van der Waals surface area contributed by atoms with Crippen molar-refractivity contribution in [2.24, 2.45) is 0 Å². The number of anilines is 1. The fourth-order valence-corrected chi connectivity index (χ4v) is 2.85. The third kappa shape index (κ3) is 3.59. The zero-order valence-corrected chi connectivity index (χ0v) is 15.3. The normalized spacial score (nSPS) is 10.7. The minimum Gasteiger partial charge on any atom is -0.310 e. The Hall–Kier alpha value is -2.59. The summed E-state index contributed by atoms with van der Waals surface area (Å²) in [7, 11) is 0. The van der Waals surface area contributed by atoms with Crippen molar-refractivity contribution in [3.63, 3.8) is 0 Å². The number of hydrogen-bond acceptors (Lipinski definition) is 2. The molecule has 0 atom stereocenters. The Labute approximate surface area is 152 Å². The van der Waals surface area contributed by atoms with Crippen LogP contribution in [0.4, 0.5) is 5.82 Å². The molecular weight excluding hydrogens is 334 g/mol. The number of nitrogens with zero attached hydrogens (tertiary/aromatic N) is 2. The van der Waals surface area contributed by atoms with Crippen LogP contribution in [0.3, 0.4) is 0 Å². The molecule has 0 radical (unpaired) electrons. The fraction of sp³-hybridized carbons (Fsp3) is 0.200. The molecule has 1 N–H and O–H groups in total. The zero-order valence-electron chi connectivity index (χ0n) is 14.5. The van der Waals surface area contributed by atoms with E-state index in [9.17, 15) is 4.79 Å². The van der Waals surface area contributed by atoms with Gasteiger partial charge in [-0.3, -0.25) is 4.79 Å². The van der Waals surface area contributed by atoms with E-state index in [-0.39, 0.29) is 11.8 Å². The van der Waals surface area contributed by atoms with Gasteiger partial charge in [-0.05, 0) is 55.7 Å². The van der Waals surface area contributed by atoms with Gasteiger partial charge in [-0.15, -0.1) is 11.6 Å². The zero-order chi connectivity index (χ0) is 18.0. The largest absolute Gasteiger partial charge is 0.310 e. The van der Waals surface area contributed by atoms with Gasteiger partial charge < -0.3 is 5.32 Å². The summed E-state index contributed by atoms with van der Waals surface area (Å²) in [6.07, 6.45) is 0. The molecule has 0 bridgehead atoms. The van der Waals surface area contributed by atoms with Gasteiger partial charge in [0.2, 0.25) is 5.91 Å². The first-order valence-corrected chi connectivity index (χ1v) is 8.62. The molecule has 3 rings (SSSR count). The average Bonchev–Trinajstić information content (AvgIpc) is 3.02. The van der Waals surface area contributed by atoms with Gasteiger partial charge in [-0.1, -0.05) is 24.3 Å². The second kappa shape index (κ2) is 7.11. The van der Waals surface area contributed by atoms with Gasteiger partial charge in [-0.25, -0.2) is 4.68 Å². The Kier molecular flexibility index (Phi) is 4.91. The van der Waals surface area contributed by atoms with E-state index < -0.39 is 0 Å². The maximum atomic E-state index is 11.8. The van der Waals surface area contributed by atoms with E-state index in [4.69, 9.17) is 16.7 Å². The second-order valence-electron chi connectivity index (χ2n) is 6.10. The average molecular weight is 354 g/mol. The Morgan fingerprint density at radius 1 is 1.04 bits per heavy atom. The lowest BCUT2D eigenvalue weighted by atomic mass is 9.99.